The second-order valence-corrected chi connectivity index (χ2v) is 12.7. The quantitative estimate of drug-likeness (QED) is 0.156. The molecule has 0 atom stereocenters. The van der Waals surface area contributed by atoms with Crippen LogP contribution in [0.3, 0.4) is 0 Å². The maximum absolute atomic E-state index is 5.13. The number of benzene rings is 5. The number of pyridine rings is 2. The molecule has 0 aliphatic rings. The molecule has 7 heteroatoms. The fourth-order valence-electron chi connectivity index (χ4n) is 6.34. The highest BCUT2D eigenvalue weighted by atomic mass is 15.1. The third kappa shape index (κ3) is 6.89. The minimum Gasteiger partial charge on any atom is -0.253 e. The van der Waals surface area contributed by atoms with Gasteiger partial charge >= 0.3 is 0 Å². The molecule has 254 valence electrons. The lowest BCUT2D eigenvalue weighted by atomic mass is 9.99. The maximum atomic E-state index is 5.13. The van der Waals surface area contributed by atoms with Crippen LogP contribution in [0.25, 0.3) is 90.6 Å². The average molecular weight is 694 g/mol. The van der Waals surface area contributed by atoms with Crippen molar-refractivity contribution < 1.29 is 0 Å². The normalized spacial score (nSPS) is 11.0. The number of rotatable bonds is 8. The van der Waals surface area contributed by atoms with Gasteiger partial charge in [0.1, 0.15) is 11.4 Å². The average Bonchev–Trinajstić information content (AvgIpc) is 3.27. The summed E-state index contributed by atoms with van der Waals surface area (Å²) in [6, 6.07) is 59.2. The van der Waals surface area contributed by atoms with E-state index in [1.165, 1.54) is 5.56 Å². The first-order chi connectivity index (χ1) is 26.7. The predicted octanol–water partition coefficient (Wildman–Crippen LogP) is 10.8. The zero-order valence-electron chi connectivity index (χ0n) is 29.0. The molecule has 0 spiro atoms. The van der Waals surface area contributed by atoms with Crippen LogP contribution in [-0.2, 0) is 0 Å². The number of aromatic nitrogens is 7. The Morgan fingerprint density at radius 2 is 0.648 bits per heavy atom. The van der Waals surface area contributed by atoms with Gasteiger partial charge in [0.15, 0.2) is 23.3 Å². The highest BCUT2D eigenvalue weighted by Gasteiger charge is 2.15. The van der Waals surface area contributed by atoms with Crippen LogP contribution in [0.15, 0.2) is 188 Å². The Bertz CT molecular complexity index is 2630. The first-order valence-corrected chi connectivity index (χ1v) is 17.6. The first-order valence-electron chi connectivity index (χ1n) is 17.6. The molecule has 0 N–H and O–H groups in total. The minimum absolute atomic E-state index is 0.483. The maximum Gasteiger partial charge on any atom is 0.182 e. The molecule has 5 aromatic carbocycles. The lowest BCUT2D eigenvalue weighted by Gasteiger charge is -2.12. The van der Waals surface area contributed by atoms with E-state index in [-0.39, 0.29) is 0 Å². The van der Waals surface area contributed by atoms with Crippen LogP contribution in [0.4, 0.5) is 0 Å². The summed E-state index contributed by atoms with van der Waals surface area (Å²) in [5.41, 5.74) is 11.2. The molecule has 7 nitrogen and oxygen atoms in total. The standard InChI is InChI=1S/C47H31N7/c1-3-13-32(14-4-1)33-23-25-35(26-24-33)44-50-42(34-15-5-2-6-16-34)31-43(51-44)38-19-11-17-36(29-38)37-18-12-20-39(30-37)45-52-46(40-21-7-9-27-48-40)54-47(53-45)41-22-8-10-28-49-41/h1-31H. The van der Waals surface area contributed by atoms with Gasteiger partial charge in [0, 0.05) is 34.6 Å². The molecule has 0 saturated carbocycles. The lowest BCUT2D eigenvalue weighted by molar-refractivity contribution is 1.05. The van der Waals surface area contributed by atoms with E-state index in [0.29, 0.717) is 34.7 Å². The topological polar surface area (TPSA) is 90.2 Å². The molecule has 0 unspecified atom stereocenters. The molecule has 4 heterocycles. The van der Waals surface area contributed by atoms with Gasteiger partial charge < -0.3 is 0 Å². The highest BCUT2D eigenvalue weighted by Crippen LogP contribution is 2.33. The third-order valence-electron chi connectivity index (χ3n) is 9.08. The fourth-order valence-corrected chi connectivity index (χ4v) is 6.34. The molecule has 0 amide bonds. The first kappa shape index (κ1) is 32.4. The molecule has 0 aliphatic heterocycles. The third-order valence-corrected chi connectivity index (χ3v) is 9.08. The molecule has 0 radical (unpaired) electrons. The van der Waals surface area contributed by atoms with Gasteiger partial charge in [0.25, 0.3) is 0 Å². The predicted molar refractivity (Wildman–Crippen MR) is 214 cm³/mol. The smallest absolute Gasteiger partial charge is 0.182 e. The molecule has 9 aromatic rings. The van der Waals surface area contributed by atoms with E-state index in [9.17, 15) is 0 Å². The largest absolute Gasteiger partial charge is 0.253 e. The second kappa shape index (κ2) is 14.6. The Balaban J connectivity index is 1.10. The van der Waals surface area contributed by atoms with Gasteiger partial charge in [-0.25, -0.2) is 24.9 Å². The van der Waals surface area contributed by atoms with Gasteiger partial charge in [-0.2, -0.15) is 0 Å². The van der Waals surface area contributed by atoms with E-state index < -0.39 is 0 Å². The van der Waals surface area contributed by atoms with E-state index in [4.69, 9.17) is 24.9 Å². The van der Waals surface area contributed by atoms with Crippen LogP contribution in [-0.4, -0.2) is 34.9 Å². The molecule has 0 fully saturated rings. The fraction of sp³-hybridized carbons (Fsp3) is 0. The van der Waals surface area contributed by atoms with Gasteiger partial charge in [0.05, 0.1) is 11.4 Å². The van der Waals surface area contributed by atoms with Crippen molar-refractivity contribution in [3.63, 3.8) is 0 Å². The summed E-state index contributed by atoms with van der Waals surface area (Å²) in [4.78, 5) is 33.7. The second-order valence-electron chi connectivity index (χ2n) is 12.7. The Kier molecular flexibility index (Phi) is 8.77. The minimum atomic E-state index is 0.483. The molecule has 0 bridgehead atoms. The summed E-state index contributed by atoms with van der Waals surface area (Å²) in [6.45, 7) is 0. The molecule has 9 rings (SSSR count). The van der Waals surface area contributed by atoms with Crippen LogP contribution in [0, 0.1) is 0 Å². The van der Waals surface area contributed by atoms with Crippen molar-refractivity contribution in [1.29, 1.82) is 0 Å². The highest BCUT2D eigenvalue weighted by molar-refractivity contribution is 5.78. The van der Waals surface area contributed by atoms with Crippen LogP contribution in [0.2, 0.25) is 0 Å². The van der Waals surface area contributed by atoms with Crippen molar-refractivity contribution in [2.75, 3.05) is 0 Å². The summed E-state index contributed by atoms with van der Waals surface area (Å²) < 4.78 is 0. The molecule has 0 saturated heterocycles. The monoisotopic (exact) mass is 693 g/mol. The van der Waals surface area contributed by atoms with E-state index in [2.05, 4.69) is 113 Å². The summed E-state index contributed by atoms with van der Waals surface area (Å²) in [5.74, 6) is 2.17. The van der Waals surface area contributed by atoms with Gasteiger partial charge in [-0.05, 0) is 64.7 Å². The number of hydrogen-bond donors (Lipinski definition) is 0. The van der Waals surface area contributed by atoms with Crippen molar-refractivity contribution in [2.24, 2.45) is 0 Å². The van der Waals surface area contributed by atoms with Crippen molar-refractivity contribution in [2.45, 2.75) is 0 Å². The SMILES string of the molecule is c1ccc(-c2ccc(-c3nc(-c4ccccc4)cc(-c4cccc(-c5cccc(-c6nc(-c7ccccn7)nc(-c7ccccn7)n6)c5)c4)n3)cc2)cc1. The zero-order chi connectivity index (χ0) is 36.1. The van der Waals surface area contributed by atoms with Gasteiger partial charge in [-0.3, -0.25) is 9.97 Å². The zero-order valence-corrected chi connectivity index (χ0v) is 29.0. The Hall–Kier alpha value is -7.51. The van der Waals surface area contributed by atoms with E-state index in [1.807, 2.05) is 72.8 Å². The summed E-state index contributed by atoms with van der Waals surface area (Å²) in [6.07, 6.45) is 3.47. The van der Waals surface area contributed by atoms with Gasteiger partial charge in [0.2, 0.25) is 0 Å². The van der Waals surface area contributed by atoms with Crippen LogP contribution in [0.5, 0.6) is 0 Å². The van der Waals surface area contributed by atoms with Crippen molar-refractivity contribution >= 4 is 0 Å². The Morgan fingerprint density at radius 3 is 1.24 bits per heavy atom. The molecular formula is C47H31N7. The van der Waals surface area contributed by atoms with Crippen LogP contribution >= 0.6 is 0 Å². The molecule has 4 aromatic heterocycles. The summed E-state index contributed by atoms with van der Waals surface area (Å²) in [5, 5.41) is 0. The van der Waals surface area contributed by atoms with E-state index in [0.717, 1.165) is 50.3 Å². The van der Waals surface area contributed by atoms with Crippen LogP contribution < -0.4 is 0 Å². The summed E-state index contributed by atoms with van der Waals surface area (Å²) in [7, 11) is 0. The summed E-state index contributed by atoms with van der Waals surface area (Å²) >= 11 is 0. The Labute approximate surface area is 312 Å². The molecule has 54 heavy (non-hydrogen) atoms. The molecular weight excluding hydrogens is 663 g/mol. The van der Waals surface area contributed by atoms with Crippen molar-refractivity contribution in [3.05, 3.63) is 188 Å². The number of nitrogens with zero attached hydrogens (tertiary/aromatic N) is 7. The van der Waals surface area contributed by atoms with E-state index in [1.54, 1.807) is 12.4 Å². The molecule has 0 aliphatic carbocycles. The number of hydrogen-bond acceptors (Lipinski definition) is 7. The van der Waals surface area contributed by atoms with Gasteiger partial charge in [-0.1, -0.05) is 133 Å². The van der Waals surface area contributed by atoms with Crippen molar-refractivity contribution in [3.8, 4) is 90.6 Å². The van der Waals surface area contributed by atoms with Crippen molar-refractivity contribution in [1.82, 2.24) is 34.9 Å². The van der Waals surface area contributed by atoms with Crippen LogP contribution in [0.1, 0.15) is 0 Å². The lowest BCUT2D eigenvalue weighted by Crippen LogP contribution is -2.01. The Morgan fingerprint density at radius 1 is 0.222 bits per heavy atom. The van der Waals surface area contributed by atoms with Gasteiger partial charge in [-0.15, -0.1) is 0 Å². The van der Waals surface area contributed by atoms with E-state index >= 15 is 0 Å².